The topological polar surface area (TPSA) is 49.4 Å². The van der Waals surface area contributed by atoms with Crippen LogP contribution in [0.3, 0.4) is 0 Å². The van der Waals surface area contributed by atoms with Crippen LogP contribution in [0.15, 0.2) is 20.5 Å². The third-order valence-corrected chi connectivity index (χ3v) is 7.75. The molecule has 3 aliphatic carbocycles. The van der Waals surface area contributed by atoms with Gasteiger partial charge in [-0.25, -0.2) is 0 Å². The Bertz CT molecular complexity index is 448. The van der Waals surface area contributed by atoms with Gasteiger partial charge in [-0.1, -0.05) is 39.5 Å². The van der Waals surface area contributed by atoms with Gasteiger partial charge in [-0.2, -0.15) is 20.5 Å². The summed E-state index contributed by atoms with van der Waals surface area (Å²) in [4.78, 5) is 0. The van der Waals surface area contributed by atoms with Crippen LogP contribution in [0.4, 0.5) is 0 Å². The van der Waals surface area contributed by atoms with Crippen LogP contribution < -0.4 is 0 Å². The molecular weight excluding hydrogens is 356 g/mol. The molecule has 166 valence electrons. The fourth-order valence-electron chi connectivity index (χ4n) is 5.71. The Hall–Kier alpha value is -0.800. The van der Waals surface area contributed by atoms with E-state index in [0.717, 1.165) is 18.3 Å². The summed E-state index contributed by atoms with van der Waals surface area (Å²) in [5.41, 5.74) is 0. The maximum Gasteiger partial charge on any atom is 0.0708 e. The van der Waals surface area contributed by atoms with Crippen LogP contribution in [-0.2, 0) is 0 Å². The second-order valence-corrected chi connectivity index (χ2v) is 10.2. The van der Waals surface area contributed by atoms with E-state index >= 15 is 0 Å². The lowest BCUT2D eigenvalue weighted by atomic mass is 9.76. The Balaban J connectivity index is 1.30. The zero-order valence-electron chi connectivity index (χ0n) is 19.3. The number of nitrogens with zero attached hydrogens (tertiary/aromatic N) is 4. The van der Waals surface area contributed by atoms with Crippen LogP contribution in [0.2, 0.25) is 0 Å². The predicted molar refractivity (Wildman–Crippen MR) is 122 cm³/mol. The summed E-state index contributed by atoms with van der Waals surface area (Å²) < 4.78 is 0. The molecule has 0 aliphatic heterocycles. The normalized spacial score (nSPS) is 33.4. The quantitative estimate of drug-likeness (QED) is 0.348. The van der Waals surface area contributed by atoms with E-state index in [2.05, 4.69) is 19.0 Å². The first-order valence-electron chi connectivity index (χ1n) is 13.1. The molecule has 0 bridgehead atoms. The Morgan fingerprint density at radius 1 is 0.621 bits per heavy atom. The van der Waals surface area contributed by atoms with Gasteiger partial charge in [0.2, 0.25) is 0 Å². The van der Waals surface area contributed by atoms with Gasteiger partial charge in [0.1, 0.15) is 0 Å². The number of hydrogen-bond acceptors (Lipinski definition) is 4. The van der Waals surface area contributed by atoms with Crippen molar-refractivity contribution < 1.29 is 0 Å². The molecule has 4 heteroatoms. The third kappa shape index (κ3) is 8.09. The van der Waals surface area contributed by atoms with Gasteiger partial charge in [0.15, 0.2) is 0 Å². The van der Waals surface area contributed by atoms with Crippen LogP contribution in [0.25, 0.3) is 0 Å². The van der Waals surface area contributed by atoms with Crippen molar-refractivity contribution in [3.8, 4) is 0 Å². The van der Waals surface area contributed by atoms with Crippen LogP contribution >= 0.6 is 0 Å². The Morgan fingerprint density at radius 3 is 1.66 bits per heavy atom. The zero-order valence-corrected chi connectivity index (χ0v) is 19.3. The second-order valence-electron chi connectivity index (χ2n) is 10.2. The van der Waals surface area contributed by atoms with Crippen molar-refractivity contribution in [1.82, 2.24) is 0 Å². The first-order chi connectivity index (χ1) is 14.3. The predicted octanol–water partition coefficient (Wildman–Crippen LogP) is 8.31. The number of hydrogen-bond donors (Lipinski definition) is 0. The molecule has 0 saturated heterocycles. The van der Waals surface area contributed by atoms with Gasteiger partial charge in [-0.15, -0.1) is 0 Å². The molecule has 0 spiro atoms. The van der Waals surface area contributed by atoms with E-state index in [4.69, 9.17) is 15.3 Å². The van der Waals surface area contributed by atoms with Crippen molar-refractivity contribution in [3.05, 3.63) is 0 Å². The highest BCUT2D eigenvalue weighted by Gasteiger charge is 2.27. The molecule has 0 heterocycles. The summed E-state index contributed by atoms with van der Waals surface area (Å²) in [5.74, 6) is 1.87. The number of azo groups is 2. The molecule has 0 aromatic rings. The molecule has 3 rings (SSSR count). The molecule has 0 N–H and O–H groups in total. The molecule has 0 amide bonds. The molecule has 3 fully saturated rings. The highest BCUT2D eigenvalue weighted by atomic mass is 15.1. The lowest BCUT2D eigenvalue weighted by Gasteiger charge is -2.32. The first kappa shape index (κ1) is 22.9. The van der Waals surface area contributed by atoms with E-state index in [9.17, 15) is 0 Å². The number of rotatable bonds is 9. The molecule has 1 unspecified atom stereocenters. The van der Waals surface area contributed by atoms with Crippen LogP contribution in [0.1, 0.15) is 123 Å². The summed E-state index contributed by atoms with van der Waals surface area (Å²) in [7, 11) is 0. The lowest BCUT2D eigenvalue weighted by Crippen LogP contribution is -2.23. The van der Waals surface area contributed by atoms with Gasteiger partial charge in [0.25, 0.3) is 0 Å². The summed E-state index contributed by atoms with van der Waals surface area (Å²) in [6.45, 7) is 4.48. The van der Waals surface area contributed by atoms with Gasteiger partial charge >= 0.3 is 0 Å². The monoisotopic (exact) mass is 402 g/mol. The van der Waals surface area contributed by atoms with E-state index in [0.29, 0.717) is 24.2 Å². The third-order valence-electron chi connectivity index (χ3n) is 7.75. The van der Waals surface area contributed by atoms with E-state index < -0.39 is 0 Å². The Kier molecular flexibility index (Phi) is 10.1. The van der Waals surface area contributed by atoms with Crippen molar-refractivity contribution >= 4 is 0 Å². The molecule has 1 atom stereocenters. The van der Waals surface area contributed by atoms with Crippen molar-refractivity contribution in [2.75, 3.05) is 0 Å². The molecule has 4 nitrogen and oxygen atoms in total. The van der Waals surface area contributed by atoms with Crippen LogP contribution in [0.5, 0.6) is 0 Å². The molecule has 29 heavy (non-hydrogen) atoms. The van der Waals surface area contributed by atoms with Crippen molar-refractivity contribution in [2.24, 2.45) is 32.3 Å². The van der Waals surface area contributed by atoms with Crippen molar-refractivity contribution in [3.63, 3.8) is 0 Å². The maximum atomic E-state index is 4.75. The van der Waals surface area contributed by atoms with Crippen LogP contribution in [0, 0.1) is 11.8 Å². The van der Waals surface area contributed by atoms with Gasteiger partial charge < -0.3 is 0 Å². The van der Waals surface area contributed by atoms with Gasteiger partial charge in [0, 0.05) is 0 Å². The van der Waals surface area contributed by atoms with E-state index in [1.165, 1.54) is 103 Å². The maximum absolute atomic E-state index is 4.75. The highest BCUT2D eigenvalue weighted by Crippen LogP contribution is 2.37. The molecule has 3 aliphatic rings. The van der Waals surface area contributed by atoms with Gasteiger partial charge in [-0.3, -0.25) is 0 Å². The highest BCUT2D eigenvalue weighted by molar-refractivity contribution is 4.82. The van der Waals surface area contributed by atoms with Gasteiger partial charge in [0.05, 0.1) is 24.2 Å². The molecule has 0 aromatic heterocycles. The first-order valence-corrected chi connectivity index (χ1v) is 13.1. The average Bonchev–Trinajstić information content (AvgIpc) is 2.78. The summed E-state index contributed by atoms with van der Waals surface area (Å²) >= 11 is 0. The SMILES string of the molecule is CCCC(CC)N=NC1CCC(CC2CCC(N=NC3CCCCC3)CC2)CC1. The van der Waals surface area contributed by atoms with Crippen molar-refractivity contribution in [1.29, 1.82) is 0 Å². The van der Waals surface area contributed by atoms with E-state index in [1.807, 2.05) is 0 Å². The minimum atomic E-state index is 0.461. The van der Waals surface area contributed by atoms with Crippen LogP contribution in [-0.4, -0.2) is 24.2 Å². The molecular formula is C25H46N4. The Labute approximate surface area is 179 Å². The fraction of sp³-hybridized carbons (Fsp3) is 1.00. The van der Waals surface area contributed by atoms with E-state index in [-0.39, 0.29) is 0 Å². The smallest absolute Gasteiger partial charge is 0.0708 e. The fourth-order valence-corrected chi connectivity index (χ4v) is 5.71. The van der Waals surface area contributed by atoms with E-state index in [1.54, 1.807) is 0 Å². The largest absolute Gasteiger partial charge is 0.191 e. The molecule has 0 aromatic carbocycles. The zero-order chi connectivity index (χ0) is 20.3. The standard InChI is InChI=1S/C25H46N4/c1-3-8-22(4-2)26-28-24-15-11-20(12-16-24)19-21-13-17-25(18-14-21)29-27-23-9-6-5-7-10-23/h20-25H,3-19H2,1-2H3. The summed E-state index contributed by atoms with van der Waals surface area (Å²) in [6.07, 6.45) is 22.3. The Morgan fingerprint density at radius 2 is 1.14 bits per heavy atom. The second kappa shape index (κ2) is 12.8. The minimum Gasteiger partial charge on any atom is -0.191 e. The lowest BCUT2D eigenvalue weighted by molar-refractivity contribution is 0.221. The summed E-state index contributed by atoms with van der Waals surface area (Å²) in [5, 5.41) is 18.9. The summed E-state index contributed by atoms with van der Waals surface area (Å²) in [6, 6.07) is 2.04. The average molecular weight is 403 g/mol. The molecule has 3 saturated carbocycles. The molecule has 0 radical (unpaired) electrons. The van der Waals surface area contributed by atoms with Crippen molar-refractivity contribution in [2.45, 2.75) is 147 Å². The minimum absolute atomic E-state index is 0.461. The van der Waals surface area contributed by atoms with Gasteiger partial charge in [-0.05, 0) is 95.3 Å².